The summed E-state index contributed by atoms with van der Waals surface area (Å²) in [5.41, 5.74) is 6.55. The number of carbonyl (C=O) groups excluding carboxylic acids is 1. The van der Waals surface area contributed by atoms with Gasteiger partial charge in [0.25, 0.3) is 0 Å². The number of nitrogens with two attached hydrogens (primary N) is 1. The zero-order chi connectivity index (χ0) is 18.6. The fourth-order valence-electron chi connectivity index (χ4n) is 3.28. The second-order valence-corrected chi connectivity index (χ2v) is 7.55. The third-order valence-corrected chi connectivity index (χ3v) is 4.70. The van der Waals surface area contributed by atoms with Crippen LogP contribution in [0.15, 0.2) is 36.4 Å². The summed E-state index contributed by atoms with van der Waals surface area (Å²) in [6.45, 7) is 8.67. The SMILES string of the molecule is COc1ccc2cc(C(C)C(=O)NC(C)(CN)CC(C)C)ccc2c1.Cl. The van der Waals surface area contributed by atoms with E-state index in [1.807, 2.05) is 44.2 Å². The first-order valence-electron chi connectivity index (χ1n) is 8.88. The first-order chi connectivity index (χ1) is 11.8. The summed E-state index contributed by atoms with van der Waals surface area (Å²) in [6.07, 6.45) is 0.861. The molecular formula is C21H31ClN2O2. The Labute approximate surface area is 162 Å². The van der Waals surface area contributed by atoms with Crippen LogP contribution in [0, 0.1) is 5.92 Å². The van der Waals surface area contributed by atoms with Gasteiger partial charge in [0.05, 0.1) is 13.0 Å². The summed E-state index contributed by atoms with van der Waals surface area (Å²) in [5.74, 6) is 1.09. The Morgan fingerprint density at radius 2 is 1.77 bits per heavy atom. The number of fused-ring (bicyclic) bond motifs is 1. The number of halogens is 1. The average Bonchev–Trinajstić information content (AvgIpc) is 2.59. The monoisotopic (exact) mass is 378 g/mol. The van der Waals surface area contributed by atoms with E-state index in [1.54, 1.807) is 7.11 Å². The Bertz CT molecular complexity index is 748. The van der Waals surface area contributed by atoms with Gasteiger partial charge in [-0.1, -0.05) is 38.1 Å². The molecule has 0 aliphatic carbocycles. The van der Waals surface area contributed by atoms with Crippen LogP contribution in [-0.4, -0.2) is 25.1 Å². The first kappa shape index (κ1) is 22.3. The summed E-state index contributed by atoms with van der Waals surface area (Å²) < 4.78 is 5.26. The van der Waals surface area contributed by atoms with Gasteiger partial charge in [-0.05, 0) is 54.7 Å². The highest BCUT2D eigenvalue weighted by Gasteiger charge is 2.28. The molecule has 2 aromatic carbocycles. The molecule has 0 spiro atoms. The van der Waals surface area contributed by atoms with Crippen molar-refractivity contribution in [3.8, 4) is 5.75 Å². The van der Waals surface area contributed by atoms with Gasteiger partial charge in [0, 0.05) is 12.1 Å². The largest absolute Gasteiger partial charge is 0.497 e. The molecule has 1 amide bonds. The number of methoxy groups -OCH3 is 1. The van der Waals surface area contributed by atoms with E-state index >= 15 is 0 Å². The number of hydrogen-bond acceptors (Lipinski definition) is 3. The second kappa shape index (κ2) is 9.24. The number of carbonyl (C=O) groups is 1. The molecule has 4 nitrogen and oxygen atoms in total. The third-order valence-electron chi connectivity index (χ3n) is 4.70. The number of benzene rings is 2. The van der Waals surface area contributed by atoms with E-state index in [4.69, 9.17) is 10.5 Å². The summed E-state index contributed by atoms with van der Waals surface area (Å²) in [5, 5.41) is 5.35. The van der Waals surface area contributed by atoms with Crippen molar-refractivity contribution in [3.63, 3.8) is 0 Å². The smallest absolute Gasteiger partial charge is 0.227 e. The number of hydrogen-bond donors (Lipinski definition) is 2. The molecule has 26 heavy (non-hydrogen) atoms. The minimum absolute atomic E-state index is 0. The molecule has 0 radical (unpaired) electrons. The van der Waals surface area contributed by atoms with Gasteiger partial charge in [-0.15, -0.1) is 12.4 Å². The standard InChI is InChI=1S/C21H30N2O2.ClH/c1-14(2)12-21(4,13-22)23-20(24)15(3)16-6-7-18-11-19(25-5)9-8-17(18)10-16;/h6-11,14-15H,12-13,22H2,1-5H3,(H,23,24);1H. The Balaban J connectivity index is 0.00000338. The second-order valence-electron chi connectivity index (χ2n) is 7.55. The van der Waals surface area contributed by atoms with Crippen molar-refractivity contribution in [3.05, 3.63) is 42.0 Å². The quantitative estimate of drug-likeness (QED) is 0.756. The minimum atomic E-state index is -0.371. The molecule has 0 aliphatic heterocycles. The first-order valence-corrected chi connectivity index (χ1v) is 8.88. The fraction of sp³-hybridized carbons (Fsp3) is 0.476. The zero-order valence-corrected chi connectivity index (χ0v) is 17.2. The van der Waals surface area contributed by atoms with Crippen LogP contribution in [0.4, 0.5) is 0 Å². The number of nitrogens with one attached hydrogen (secondary N) is 1. The van der Waals surface area contributed by atoms with Crippen LogP contribution >= 0.6 is 12.4 Å². The van der Waals surface area contributed by atoms with Gasteiger partial charge < -0.3 is 15.8 Å². The van der Waals surface area contributed by atoms with E-state index in [2.05, 4.69) is 25.2 Å². The van der Waals surface area contributed by atoms with Crippen LogP contribution in [0.3, 0.4) is 0 Å². The van der Waals surface area contributed by atoms with Crippen LogP contribution in [-0.2, 0) is 4.79 Å². The zero-order valence-electron chi connectivity index (χ0n) is 16.3. The van der Waals surface area contributed by atoms with Gasteiger partial charge in [0.15, 0.2) is 0 Å². The van der Waals surface area contributed by atoms with E-state index < -0.39 is 0 Å². The number of rotatable bonds is 7. The molecule has 2 atom stereocenters. The van der Waals surface area contributed by atoms with Crippen molar-refractivity contribution in [2.75, 3.05) is 13.7 Å². The maximum atomic E-state index is 12.7. The lowest BCUT2D eigenvalue weighted by Gasteiger charge is -2.32. The van der Waals surface area contributed by atoms with Crippen molar-refractivity contribution < 1.29 is 9.53 Å². The van der Waals surface area contributed by atoms with Gasteiger partial charge >= 0.3 is 0 Å². The van der Waals surface area contributed by atoms with Crippen LogP contribution in [0.25, 0.3) is 10.8 Å². The third kappa shape index (κ3) is 5.36. The summed E-state index contributed by atoms with van der Waals surface area (Å²) >= 11 is 0. The van der Waals surface area contributed by atoms with Gasteiger partial charge in [0.2, 0.25) is 5.91 Å². The molecule has 0 heterocycles. The van der Waals surface area contributed by atoms with Crippen molar-refractivity contribution in [2.24, 2.45) is 11.7 Å². The highest BCUT2D eigenvalue weighted by atomic mass is 35.5. The van der Waals surface area contributed by atoms with Gasteiger partial charge in [0.1, 0.15) is 5.75 Å². The average molecular weight is 379 g/mol. The van der Waals surface area contributed by atoms with Crippen molar-refractivity contribution in [1.29, 1.82) is 0 Å². The van der Waals surface area contributed by atoms with Gasteiger partial charge in [-0.3, -0.25) is 4.79 Å². The van der Waals surface area contributed by atoms with Crippen molar-refractivity contribution >= 4 is 29.1 Å². The molecule has 0 fully saturated rings. The molecule has 0 aliphatic rings. The summed E-state index contributed by atoms with van der Waals surface area (Å²) in [4.78, 5) is 12.7. The van der Waals surface area contributed by atoms with Gasteiger partial charge in [-0.25, -0.2) is 0 Å². The highest BCUT2D eigenvalue weighted by molar-refractivity contribution is 5.88. The highest BCUT2D eigenvalue weighted by Crippen LogP contribution is 2.26. The lowest BCUT2D eigenvalue weighted by Crippen LogP contribution is -2.53. The van der Waals surface area contributed by atoms with Gasteiger partial charge in [-0.2, -0.15) is 0 Å². The minimum Gasteiger partial charge on any atom is -0.497 e. The van der Waals surface area contributed by atoms with Crippen LogP contribution in [0.5, 0.6) is 5.75 Å². The Morgan fingerprint density at radius 1 is 1.15 bits per heavy atom. The molecule has 3 N–H and O–H groups in total. The number of amides is 1. The van der Waals surface area contributed by atoms with Crippen molar-refractivity contribution in [2.45, 2.75) is 45.6 Å². The van der Waals surface area contributed by atoms with E-state index in [0.717, 1.165) is 28.5 Å². The molecule has 0 saturated heterocycles. The van der Waals surface area contributed by atoms with Crippen LogP contribution in [0.1, 0.15) is 45.6 Å². The topological polar surface area (TPSA) is 64.3 Å². The lowest BCUT2D eigenvalue weighted by molar-refractivity contribution is -0.124. The molecule has 2 aromatic rings. The van der Waals surface area contributed by atoms with Crippen molar-refractivity contribution in [1.82, 2.24) is 5.32 Å². The fourth-order valence-corrected chi connectivity index (χ4v) is 3.28. The predicted octanol–water partition coefficient (Wildman–Crippen LogP) is 4.25. The molecule has 0 aromatic heterocycles. The molecule has 0 bridgehead atoms. The normalized spacial score (nSPS) is 14.4. The molecular weight excluding hydrogens is 348 g/mol. The van der Waals surface area contributed by atoms with E-state index in [9.17, 15) is 4.79 Å². The Kier molecular flexibility index (Phi) is 7.91. The van der Waals surface area contributed by atoms with Crippen LogP contribution < -0.4 is 15.8 Å². The van der Waals surface area contributed by atoms with Crippen LogP contribution in [0.2, 0.25) is 0 Å². The maximum Gasteiger partial charge on any atom is 0.227 e. The summed E-state index contributed by atoms with van der Waals surface area (Å²) in [7, 11) is 1.66. The summed E-state index contributed by atoms with van der Waals surface area (Å²) in [6, 6.07) is 12.1. The predicted molar refractivity (Wildman–Crippen MR) is 111 cm³/mol. The molecule has 144 valence electrons. The Hall–Kier alpha value is -1.78. The Morgan fingerprint density at radius 3 is 2.35 bits per heavy atom. The lowest BCUT2D eigenvalue weighted by atomic mass is 9.89. The van der Waals surface area contributed by atoms with E-state index in [-0.39, 0.29) is 29.8 Å². The molecule has 5 heteroatoms. The molecule has 0 saturated carbocycles. The molecule has 2 rings (SSSR count). The molecule has 2 unspecified atom stereocenters. The maximum absolute atomic E-state index is 12.7. The van der Waals surface area contributed by atoms with E-state index in [0.29, 0.717) is 12.5 Å². The number of ether oxygens (including phenoxy) is 1. The van der Waals surface area contributed by atoms with E-state index in [1.165, 1.54) is 0 Å².